The molecule has 0 fully saturated rings. The first kappa shape index (κ1) is 15.9. The van der Waals surface area contributed by atoms with E-state index in [1.807, 2.05) is 0 Å². The molecule has 0 aliphatic rings. The van der Waals surface area contributed by atoms with E-state index in [-0.39, 0.29) is 28.0 Å². The van der Waals surface area contributed by atoms with Crippen molar-refractivity contribution in [1.82, 2.24) is 19.9 Å². The molecule has 9 heteroatoms. The fourth-order valence-corrected chi connectivity index (χ4v) is 3.10. The zero-order chi connectivity index (χ0) is 16.6. The number of halogens is 2. The number of fused-ring (bicyclic) bond motifs is 1. The van der Waals surface area contributed by atoms with Crippen LogP contribution < -0.4 is 5.56 Å². The highest BCUT2D eigenvalue weighted by atomic mass is 35.5. The van der Waals surface area contributed by atoms with Crippen LogP contribution in [0.15, 0.2) is 28.4 Å². The first-order chi connectivity index (χ1) is 11.0. The Hall–Kier alpha value is -1.96. The summed E-state index contributed by atoms with van der Waals surface area (Å²) in [4.78, 5) is 36.7. The molecule has 0 aliphatic carbocycles. The van der Waals surface area contributed by atoms with Crippen molar-refractivity contribution in [2.24, 2.45) is 0 Å². The van der Waals surface area contributed by atoms with E-state index in [1.165, 1.54) is 28.4 Å². The van der Waals surface area contributed by atoms with E-state index in [0.29, 0.717) is 16.0 Å². The van der Waals surface area contributed by atoms with Crippen molar-refractivity contribution in [2.75, 3.05) is 7.05 Å². The van der Waals surface area contributed by atoms with Crippen LogP contribution in [0, 0.1) is 0 Å². The molecule has 3 aromatic heterocycles. The minimum atomic E-state index is -0.412. The Labute approximate surface area is 144 Å². The van der Waals surface area contributed by atoms with E-state index < -0.39 is 5.91 Å². The smallest absolute Gasteiger partial charge is 0.274 e. The molecule has 0 atom stereocenters. The maximum absolute atomic E-state index is 12.4. The molecule has 0 unspecified atom stereocenters. The molecule has 0 saturated carbocycles. The quantitative estimate of drug-likeness (QED) is 0.720. The van der Waals surface area contributed by atoms with Gasteiger partial charge in [0.1, 0.15) is 21.4 Å². The lowest BCUT2D eigenvalue weighted by molar-refractivity contribution is 0.0776. The van der Waals surface area contributed by atoms with Gasteiger partial charge in [-0.05, 0) is 23.6 Å². The molecule has 0 radical (unpaired) electrons. The molecule has 0 aromatic carbocycles. The Morgan fingerprint density at radius 1 is 1.30 bits per heavy atom. The predicted octanol–water partition coefficient (Wildman–Crippen LogP) is 2.96. The number of amides is 1. The summed E-state index contributed by atoms with van der Waals surface area (Å²) in [6.45, 7) is 0.115. The largest absolute Gasteiger partial charge is 0.333 e. The van der Waals surface area contributed by atoms with Gasteiger partial charge in [0, 0.05) is 7.05 Å². The molecule has 6 nitrogen and oxygen atoms in total. The van der Waals surface area contributed by atoms with Gasteiger partial charge in [0.2, 0.25) is 0 Å². The molecule has 0 spiro atoms. The number of aromatic amines is 1. The van der Waals surface area contributed by atoms with Gasteiger partial charge in [-0.15, -0.1) is 11.3 Å². The van der Waals surface area contributed by atoms with Gasteiger partial charge in [-0.3, -0.25) is 9.59 Å². The number of pyridine rings is 1. The van der Waals surface area contributed by atoms with Crippen molar-refractivity contribution < 1.29 is 4.79 Å². The molecule has 0 saturated heterocycles. The SMILES string of the molecule is CN(Cc1nc2ccsc2c(=O)[nH]1)C(=O)c1nc(Cl)ccc1Cl. The zero-order valence-electron chi connectivity index (χ0n) is 11.8. The van der Waals surface area contributed by atoms with Crippen molar-refractivity contribution in [3.8, 4) is 0 Å². The van der Waals surface area contributed by atoms with Gasteiger partial charge < -0.3 is 9.88 Å². The Balaban J connectivity index is 1.87. The molecule has 1 amide bonds. The number of hydrogen-bond donors (Lipinski definition) is 1. The van der Waals surface area contributed by atoms with E-state index in [1.54, 1.807) is 18.5 Å². The van der Waals surface area contributed by atoms with Crippen LogP contribution in [0.2, 0.25) is 10.2 Å². The highest BCUT2D eigenvalue weighted by Crippen LogP contribution is 2.19. The van der Waals surface area contributed by atoms with E-state index in [2.05, 4.69) is 15.0 Å². The molecule has 1 N–H and O–H groups in total. The number of nitrogens with one attached hydrogen (secondary N) is 1. The molecule has 118 valence electrons. The third kappa shape index (κ3) is 3.21. The second kappa shape index (κ2) is 6.27. The topological polar surface area (TPSA) is 79.0 Å². The number of nitrogens with zero attached hydrogens (tertiary/aromatic N) is 3. The van der Waals surface area contributed by atoms with Gasteiger partial charge in [-0.1, -0.05) is 23.2 Å². The Morgan fingerprint density at radius 3 is 2.87 bits per heavy atom. The lowest BCUT2D eigenvalue weighted by Crippen LogP contribution is -2.29. The van der Waals surface area contributed by atoms with Gasteiger partial charge in [0.05, 0.1) is 17.1 Å². The van der Waals surface area contributed by atoms with Crippen LogP contribution in [0.1, 0.15) is 16.3 Å². The number of H-pyrrole nitrogens is 1. The van der Waals surface area contributed by atoms with E-state index >= 15 is 0 Å². The molecule has 0 bridgehead atoms. The molecular weight excluding hydrogens is 359 g/mol. The number of carbonyl (C=O) groups is 1. The third-order valence-corrected chi connectivity index (χ3v) is 4.53. The second-order valence-corrected chi connectivity index (χ2v) is 6.48. The lowest BCUT2D eigenvalue weighted by Gasteiger charge is -2.16. The molecular formula is C14H10Cl2N4O2S. The number of carbonyl (C=O) groups excluding carboxylic acids is 1. The predicted molar refractivity (Wildman–Crippen MR) is 90.3 cm³/mol. The first-order valence-corrected chi connectivity index (χ1v) is 8.13. The summed E-state index contributed by atoms with van der Waals surface area (Å²) in [7, 11) is 1.57. The van der Waals surface area contributed by atoms with Crippen LogP contribution in [0.3, 0.4) is 0 Å². The summed E-state index contributed by atoms with van der Waals surface area (Å²) < 4.78 is 0.558. The first-order valence-electron chi connectivity index (χ1n) is 6.49. The van der Waals surface area contributed by atoms with Crippen molar-refractivity contribution >= 4 is 50.7 Å². The molecule has 3 heterocycles. The Bertz CT molecular complexity index is 953. The van der Waals surface area contributed by atoms with Crippen molar-refractivity contribution in [3.63, 3.8) is 0 Å². The second-order valence-electron chi connectivity index (χ2n) is 4.77. The highest BCUT2D eigenvalue weighted by molar-refractivity contribution is 7.17. The van der Waals surface area contributed by atoms with Crippen molar-refractivity contribution in [2.45, 2.75) is 6.54 Å². The van der Waals surface area contributed by atoms with Crippen LogP contribution >= 0.6 is 34.5 Å². The fraction of sp³-hybridized carbons (Fsp3) is 0.143. The van der Waals surface area contributed by atoms with Crippen molar-refractivity contribution in [3.05, 3.63) is 55.6 Å². The molecule has 0 aliphatic heterocycles. The third-order valence-electron chi connectivity index (χ3n) is 3.11. The minimum Gasteiger partial charge on any atom is -0.333 e. The van der Waals surface area contributed by atoms with E-state index in [4.69, 9.17) is 23.2 Å². The maximum Gasteiger partial charge on any atom is 0.274 e. The van der Waals surface area contributed by atoms with E-state index in [9.17, 15) is 9.59 Å². The van der Waals surface area contributed by atoms with Gasteiger partial charge in [-0.2, -0.15) is 0 Å². The normalized spacial score (nSPS) is 10.9. The van der Waals surface area contributed by atoms with Gasteiger partial charge in [-0.25, -0.2) is 9.97 Å². The Kier molecular flexibility index (Phi) is 4.34. The highest BCUT2D eigenvalue weighted by Gasteiger charge is 2.19. The van der Waals surface area contributed by atoms with Crippen LogP contribution in [0.4, 0.5) is 0 Å². The molecule has 23 heavy (non-hydrogen) atoms. The summed E-state index contributed by atoms with van der Waals surface area (Å²) in [5.74, 6) is -0.0273. The number of thiophene rings is 1. The zero-order valence-corrected chi connectivity index (χ0v) is 14.2. The summed E-state index contributed by atoms with van der Waals surface area (Å²) >= 11 is 13.1. The molecule has 3 aromatic rings. The summed E-state index contributed by atoms with van der Waals surface area (Å²) in [6.07, 6.45) is 0. The lowest BCUT2D eigenvalue weighted by atomic mass is 10.3. The van der Waals surface area contributed by atoms with Gasteiger partial charge in [0.25, 0.3) is 11.5 Å². The summed E-state index contributed by atoms with van der Waals surface area (Å²) in [5, 5.41) is 2.18. The fourth-order valence-electron chi connectivity index (χ4n) is 2.04. The van der Waals surface area contributed by atoms with Gasteiger partial charge >= 0.3 is 0 Å². The van der Waals surface area contributed by atoms with Crippen molar-refractivity contribution in [1.29, 1.82) is 0 Å². The van der Waals surface area contributed by atoms with Crippen LogP contribution in [-0.4, -0.2) is 32.8 Å². The number of aromatic nitrogens is 3. The van der Waals surface area contributed by atoms with E-state index in [0.717, 1.165) is 0 Å². The van der Waals surface area contributed by atoms with Crippen LogP contribution in [0.5, 0.6) is 0 Å². The number of hydrogen-bond acceptors (Lipinski definition) is 5. The number of rotatable bonds is 3. The Morgan fingerprint density at radius 2 is 2.09 bits per heavy atom. The minimum absolute atomic E-state index is 0.0561. The molecule has 3 rings (SSSR count). The van der Waals surface area contributed by atoms with Crippen LogP contribution in [0.25, 0.3) is 10.2 Å². The van der Waals surface area contributed by atoms with Gasteiger partial charge in [0.15, 0.2) is 0 Å². The monoisotopic (exact) mass is 368 g/mol. The maximum atomic E-state index is 12.4. The average Bonchev–Trinajstić information content (AvgIpc) is 2.98. The summed E-state index contributed by atoms with van der Waals surface area (Å²) in [6, 6.07) is 4.77. The standard InChI is InChI=1S/C14H10Cl2N4O2S/c1-20(14(22)11-7(15)2-3-9(16)18-11)6-10-17-8-4-5-23-12(8)13(21)19-10/h2-5H,6H2,1H3,(H,17,19,21). The van der Waals surface area contributed by atoms with Crippen LogP contribution in [-0.2, 0) is 6.54 Å². The summed E-state index contributed by atoms with van der Waals surface area (Å²) in [5.41, 5.74) is 0.439. The average molecular weight is 369 g/mol.